The van der Waals surface area contributed by atoms with Crippen molar-refractivity contribution in [2.24, 2.45) is 7.05 Å². The van der Waals surface area contributed by atoms with Crippen LogP contribution in [0.1, 0.15) is 23.0 Å². The van der Waals surface area contributed by atoms with Crippen LogP contribution in [-0.4, -0.2) is 37.4 Å². The van der Waals surface area contributed by atoms with Crippen LogP contribution in [0.2, 0.25) is 0 Å². The fourth-order valence-electron chi connectivity index (χ4n) is 2.83. The van der Waals surface area contributed by atoms with E-state index in [0.29, 0.717) is 17.9 Å². The molecule has 0 bridgehead atoms. The maximum absolute atomic E-state index is 12.4. The van der Waals surface area contributed by atoms with E-state index in [0.717, 1.165) is 11.3 Å². The third-order valence-electron chi connectivity index (χ3n) is 3.96. The number of nitrogens with zero attached hydrogens (tertiary/aromatic N) is 4. The number of hydrogen-bond acceptors (Lipinski definition) is 6. The number of ether oxygens (including phenoxy) is 1. The van der Waals surface area contributed by atoms with Crippen LogP contribution in [-0.2, 0) is 18.3 Å². The number of esters is 1. The van der Waals surface area contributed by atoms with Crippen LogP contribution in [0.15, 0.2) is 17.1 Å². The Labute approximate surface area is 148 Å². The highest BCUT2D eigenvalue weighted by molar-refractivity contribution is 7.71. The molecule has 0 aromatic carbocycles. The number of aryl methyl sites for hydroxylation is 3. The van der Waals surface area contributed by atoms with E-state index < -0.39 is 11.5 Å². The predicted octanol–water partition coefficient (Wildman–Crippen LogP) is 1.97. The summed E-state index contributed by atoms with van der Waals surface area (Å²) in [5.41, 5.74) is 2.08. The standard InChI is InChI=1S/C16H17N5O3S/c1-5-21-13-12(14(22)18-16(21)25)9(15(23)24-4)6-11(17-13)10-7-20(3)19-8(10)2/h6-7H,5H2,1-4H3,(H,18,22,25). The highest BCUT2D eigenvalue weighted by atomic mass is 32.1. The molecule has 130 valence electrons. The Kier molecular flexibility index (Phi) is 4.25. The summed E-state index contributed by atoms with van der Waals surface area (Å²) >= 11 is 5.23. The Bertz CT molecular complexity index is 1110. The third-order valence-corrected chi connectivity index (χ3v) is 4.28. The fourth-order valence-corrected chi connectivity index (χ4v) is 3.14. The van der Waals surface area contributed by atoms with Crippen LogP contribution in [0.3, 0.4) is 0 Å². The van der Waals surface area contributed by atoms with Gasteiger partial charge in [-0.15, -0.1) is 0 Å². The summed E-state index contributed by atoms with van der Waals surface area (Å²) in [6.45, 7) is 4.23. The first-order chi connectivity index (χ1) is 11.9. The number of carbonyl (C=O) groups excluding carboxylic acids is 1. The van der Waals surface area contributed by atoms with Crippen molar-refractivity contribution in [3.63, 3.8) is 0 Å². The van der Waals surface area contributed by atoms with E-state index in [1.165, 1.54) is 7.11 Å². The SMILES string of the molecule is CCn1c(=S)[nH]c(=O)c2c(C(=O)OC)cc(-c3cn(C)nc3C)nc21. The molecule has 0 amide bonds. The zero-order chi connectivity index (χ0) is 18.3. The van der Waals surface area contributed by atoms with E-state index >= 15 is 0 Å². The van der Waals surface area contributed by atoms with Gasteiger partial charge in [0, 0.05) is 25.4 Å². The number of aromatic nitrogens is 5. The topological polar surface area (TPSA) is 94.8 Å². The van der Waals surface area contributed by atoms with Crippen LogP contribution in [0.5, 0.6) is 0 Å². The van der Waals surface area contributed by atoms with E-state index in [4.69, 9.17) is 17.0 Å². The number of hydrogen-bond donors (Lipinski definition) is 1. The van der Waals surface area contributed by atoms with Crippen molar-refractivity contribution in [3.05, 3.63) is 38.6 Å². The zero-order valence-electron chi connectivity index (χ0n) is 14.3. The lowest BCUT2D eigenvalue weighted by atomic mass is 10.1. The minimum atomic E-state index is -0.611. The summed E-state index contributed by atoms with van der Waals surface area (Å²) in [5, 5.41) is 4.46. The summed E-state index contributed by atoms with van der Waals surface area (Å²) in [5.74, 6) is -0.611. The largest absolute Gasteiger partial charge is 0.465 e. The van der Waals surface area contributed by atoms with Gasteiger partial charge in [-0.3, -0.25) is 14.5 Å². The molecule has 0 saturated heterocycles. The van der Waals surface area contributed by atoms with Gasteiger partial charge in [0.15, 0.2) is 4.77 Å². The molecule has 0 unspecified atom stereocenters. The van der Waals surface area contributed by atoms with Gasteiger partial charge in [0.25, 0.3) is 5.56 Å². The minimum absolute atomic E-state index is 0.143. The van der Waals surface area contributed by atoms with Gasteiger partial charge in [-0.05, 0) is 32.1 Å². The second-order valence-corrected chi connectivity index (χ2v) is 5.94. The number of nitrogens with one attached hydrogen (secondary N) is 1. The van der Waals surface area contributed by atoms with Crippen molar-refractivity contribution in [1.82, 2.24) is 24.3 Å². The van der Waals surface area contributed by atoms with Crippen molar-refractivity contribution >= 4 is 29.2 Å². The Hall–Kier alpha value is -2.81. The molecule has 0 saturated carbocycles. The van der Waals surface area contributed by atoms with Gasteiger partial charge in [0.1, 0.15) is 5.65 Å². The Morgan fingerprint density at radius 3 is 2.72 bits per heavy atom. The second-order valence-electron chi connectivity index (χ2n) is 5.55. The van der Waals surface area contributed by atoms with E-state index in [1.54, 1.807) is 22.4 Å². The Morgan fingerprint density at radius 2 is 2.16 bits per heavy atom. The van der Waals surface area contributed by atoms with Crippen LogP contribution < -0.4 is 5.56 Å². The normalized spacial score (nSPS) is 11.0. The first-order valence-electron chi connectivity index (χ1n) is 7.64. The molecular formula is C16H17N5O3S. The van der Waals surface area contributed by atoms with Gasteiger partial charge in [0.2, 0.25) is 0 Å². The molecular weight excluding hydrogens is 342 g/mol. The van der Waals surface area contributed by atoms with Crippen molar-refractivity contribution in [2.45, 2.75) is 20.4 Å². The van der Waals surface area contributed by atoms with Crippen molar-refractivity contribution in [2.75, 3.05) is 7.11 Å². The van der Waals surface area contributed by atoms with Crippen LogP contribution in [0, 0.1) is 11.7 Å². The number of methoxy groups -OCH3 is 1. The lowest BCUT2D eigenvalue weighted by molar-refractivity contribution is 0.0603. The summed E-state index contributed by atoms with van der Waals surface area (Å²) in [7, 11) is 3.07. The van der Waals surface area contributed by atoms with Crippen molar-refractivity contribution in [3.8, 4) is 11.3 Å². The minimum Gasteiger partial charge on any atom is -0.465 e. The number of aromatic amines is 1. The van der Waals surface area contributed by atoms with Gasteiger partial charge >= 0.3 is 5.97 Å². The molecule has 0 fully saturated rings. The lowest BCUT2D eigenvalue weighted by Crippen LogP contribution is -2.19. The number of pyridine rings is 1. The van der Waals surface area contributed by atoms with Crippen molar-refractivity contribution in [1.29, 1.82) is 0 Å². The average molecular weight is 359 g/mol. The van der Waals surface area contributed by atoms with E-state index in [9.17, 15) is 9.59 Å². The summed E-state index contributed by atoms with van der Waals surface area (Å²) in [6.07, 6.45) is 1.81. The zero-order valence-corrected chi connectivity index (χ0v) is 15.1. The maximum Gasteiger partial charge on any atom is 0.338 e. The molecule has 0 atom stereocenters. The number of H-pyrrole nitrogens is 1. The van der Waals surface area contributed by atoms with E-state index in [1.807, 2.05) is 20.0 Å². The van der Waals surface area contributed by atoms with Crippen molar-refractivity contribution < 1.29 is 9.53 Å². The molecule has 0 aliphatic heterocycles. The van der Waals surface area contributed by atoms with Gasteiger partial charge in [0.05, 0.1) is 29.4 Å². The quantitative estimate of drug-likeness (QED) is 0.567. The smallest absolute Gasteiger partial charge is 0.338 e. The Balaban J connectivity index is 2.50. The van der Waals surface area contributed by atoms with Crippen LogP contribution >= 0.6 is 12.2 Å². The van der Waals surface area contributed by atoms with Gasteiger partial charge < -0.3 is 9.30 Å². The predicted molar refractivity (Wildman–Crippen MR) is 95.1 cm³/mol. The number of rotatable bonds is 3. The summed E-state index contributed by atoms with van der Waals surface area (Å²) in [4.78, 5) is 31.9. The molecule has 0 spiro atoms. The number of carbonyl (C=O) groups is 1. The molecule has 9 heteroatoms. The van der Waals surface area contributed by atoms with Crippen LogP contribution in [0.4, 0.5) is 0 Å². The molecule has 8 nitrogen and oxygen atoms in total. The monoisotopic (exact) mass is 359 g/mol. The summed E-state index contributed by atoms with van der Waals surface area (Å²) in [6, 6.07) is 1.55. The highest BCUT2D eigenvalue weighted by Crippen LogP contribution is 2.25. The first kappa shape index (κ1) is 17.0. The molecule has 3 aromatic rings. The van der Waals surface area contributed by atoms with Crippen LogP contribution in [0.25, 0.3) is 22.3 Å². The molecule has 3 aromatic heterocycles. The first-order valence-corrected chi connectivity index (χ1v) is 8.05. The number of fused-ring (bicyclic) bond motifs is 1. The maximum atomic E-state index is 12.4. The third kappa shape index (κ3) is 2.76. The van der Waals surface area contributed by atoms with Gasteiger partial charge in [-0.25, -0.2) is 9.78 Å². The average Bonchev–Trinajstić information content (AvgIpc) is 2.91. The molecule has 0 aliphatic rings. The highest BCUT2D eigenvalue weighted by Gasteiger charge is 2.20. The molecule has 0 aliphatic carbocycles. The Morgan fingerprint density at radius 1 is 1.44 bits per heavy atom. The molecule has 1 N–H and O–H groups in total. The van der Waals surface area contributed by atoms with Gasteiger partial charge in [-0.2, -0.15) is 5.10 Å². The summed E-state index contributed by atoms with van der Waals surface area (Å²) < 4.78 is 8.45. The second kappa shape index (κ2) is 6.25. The van der Waals surface area contributed by atoms with Gasteiger partial charge in [-0.1, -0.05) is 0 Å². The molecule has 3 heterocycles. The fraction of sp³-hybridized carbons (Fsp3) is 0.312. The molecule has 25 heavy (non-hydrogen) atoms. The van der Waals surface area contributed by atoms with E-state index in [-0.39, 0.29) is 15.7 Å². The molecule has 0 radical (unpaired) electrons. The lowest BCUT2D eigenvalue weighted by Gasteiger charge is -2.12. The van der Waals surface area contributed by atoms with E-state index in [2.05, 4.69) is 15.1 Å². The molecule has 3 rings (SSSR count).